The minimum Gasteiger partial charge on any atom is -0.494 e. The summed E-state index contributed by atoms with van der Waals surface area (Å²) in [6.45, 7) is 0.784. The van der Waals surface area contributed by atoms with Gasteiger partial charge < -0.3 is 20.7 Å². The fraction of sp³-hybridized carbons (Fsp3) is 0.125. The first kappa shape index (κ1) is 22.7. The first-order chi connectivity index (χ1) is 16.4. The van der Waals surface area contributed by atoms with Crippen molar-refractivity contribution in [1.29, 1.82) is 0 Å². The van der Waals surface area contributed by atoms with E-state index in [1.165, 1.54) is 25.6 Å². The van der Waals surface area contributed by atoms with E-state index in [0.29, 0.717) is 45.0 Å². The number of benzene rings is 2. The quantitative estimate of drug-likeness (QED) is 0.302. The molecule has 0 radical (unpaired) electrons. The highest BCUT2D eigenvalue weighted by Crippen LogP contribution is 2.37. The second-order valence-electron chi connectivity index (χ2n) is 7.18. The minimum absolute atomic E-state index is 0.225. The maximum atomic E-state index is 13.6. The molecule has 2 aromatic heterocycles. The maximum Gasteiger partial charge on any atom is 0.319 e. The number of anilines is 4. The molecule has 174 valence electrons. The Morgan fingerprint density at radius 2 is 1.97 bits per heavy atom. The molecular formula is C24H22F2N6O2. The number of carbonyl (C=O) groups excluding carboxylic acids is 1. The zero-order chi connectivity index (χ0) is 24.2. The second kappa shape index (κ2) is 9.57. The number of nitrogens with zero attached hydrogens (tertiary/aromatic N) is 3. The lowest BCUT2D eigenvalue weighted by Crippen LogP contribution is -2.10. The van der Waals surface area contributed by atoms with Crippen LogP contribution in [0.4, 0.5) is 31.8 Å². The third-order valence-electron chi connectivity index (χ3n) is 5.18. The van der Waals surface area contributed by atoms with Gasteiger partial charge in [0.1, 0.15) is 5.75 Å². The van der Waals surface area contributed by atoms with Gasteiger partial charge in [-0.25, -0.2) is 9.97 Å². The van der Waals surface area contributed by atoms with Gasteiger partial charge in [0.25, 0.3) is 0 Å². The summed E-state index contributed by atoms with van der Waals surface area (Å²) in [4.78, 5) is 20.6. The van der Waals surface area contributed by atoms with Gasteiger partial charge in [0.05, 0.1) is 35.4 Å². The second-order valence-corrected chi connectivity index (χ2v) is 7.18. The molecule has 10 heteroatoms. The summed E-state index contributed by atoms with van der Waals surface area (Å²) in [6.07, 6.45) is 4.08. The van der Waals surface area contributed by atoms with Crippen molar-refractivity contribution in [3.05, 3.63) is 67.5 Å². The molecule has 1 amide bonds. The number of hydrogen-bond donors (Lipinski definition) is 3. The highest BCUT2D eigenvalue weighted by atomic mass is 19.3. The summed E-state index contributed by atoms with van der Waals surface area (Å²) in [5, 5.41) is 9.47. The van der Waals surface area contributed by atoms with Gasteiger partial charge in [-0.2, -0.15) is 8.78 Å². The number of hydrogen-bond acceptors (Lipinski definition) is 6. The Labute approximate surface area is 194 Å². The standard InChI is InChI=1S/C24H22F2N6O2/c1-4-22(33)29-18-11-19(21(34-3)12-17(18)27-2)31-24-28-10-9-16(30-24)15-13-32(23(25)26)20-8-6-5-7-14(15)20/h4-13,23,27H,1H2,2-3H3,(H,29,33)(H,28,30,31). The number of amides is 1. The molecule has 0 atom stereocenters. The van der Waals surface area contributed by atoms with Gasteiger partial charge in [0, 0.05) is 36.5 Å². The van der Waals surface area contributed by atoms with Gasteiger partial charge in [-0.1, -0.05) is 24.8 Å². The first-order valence-corrected chi connectivity index (χ1v) is 10.3. The normalized spacial score (nSPS) is 10.9. The van der Waals surface area contributed by atoms with Crippen LogP contribution in [-0.4, -0.2) is 34.6 Å². The average molecular weight is 464 g/mol. The summed E-state index contributed by atoms with van der Waals surface area (Å²) in [7, 11) is 3.23. The molecule has 0 unspecified atom stereocenters. The molecule has 8 nitrogen and oxygen atoms in total. The van der Waals surface area contributed by atoms with Crippen LogP contribution in [0.2, 0.25) is 0 Å². The van der Waals surface area contributed by atoms with Gasteiger partial charge >= 0.3 is 6.55 Å². The number of rotatable bonds is 8. The first-order valence-electron chi connectivity index (χ1n) is 10.3. The molecule has 0 aliphatic rings. The molecule has 0 saturated carbocycles. The zero-order valence-corrected chi connectivity index (χ0v) is 18.5. The van der Waals surface area contributed by atoms with Gasteiger partial charge in [-0.3, -0.25) is 9.36 Å². The van der Waals surface area contributed by atoms with Crippen LogP contribution in [0.15, 0.2) is 67.5 Å². The Morgan fingerprint density at radius 1 is 1.18 bits per heavy atom. The molecule has 3 N–H and O–H groups in total. The number of aromatic nitrogens is 3. The van der Waals surface area contributed by atoms with Crippen LogP contribution in [0.5, 0.6) is 5.75 Å². The lowest BCUT2D eigenvalue weighted by Gasteiger charge is -2.16. The summed E-state index contributed by atoms with van der Waals surface area (Å²) in [5.74, 6) is 0.327. The maximum absolute atomic E-state index is 13.6. The largest absolute Gasteiger partial charge is 0.494 e. The number of alkyl halides is 2. The van der Waals surface area contributed by atoms with Crippen molar-refractivity contribution in [3.8, 4) is 17.0 Å². The van der Waals surface area contributed by atoms with E-state index in [-0.39, 0.29) is 11.9 Å². The number of methoxy groups -OCH3 is 1. The Morgan fingerprint density at radius 3 is 2.68 bits per heavy atom. The number of ether oxygens (including phenoxy) is 1. The van der Waals surface area contributed by atoms with E-state index >= 15 is 0 Å². The molecule has 4 aromatic rings. The van der Waals surface area contributed by atoms with Crippen LogP contribution in [0.25, 0.3) is 22.2 Å². The van der Waals surface area contributed by atoms with E-state index in [0.717, 1.165) is 4.57 Å². The molecule has 0 bridgehead atoms. The van der Waals surface area contributed by atoms with Gasteiger partial charge in [-0.15, -0.1) is 0 Å². The zero-order valence-electron chi connectivity index (χ0n) is 18.5. The fourth-order valence-corrected chi connectivity index (χ4v) is 3.60. The highest BCUT2D eigenvalue weighted by molar-refractivity contribution is 6.02. The smallest absolute Gasteiger partial charge is 0.319 e. The summed E-state index contributed by atoms with van der Waals surface area (Å²) in [5.41, 5.74) is 3.05. The Bertz CT molecular complexity index is 1370. The van der Waals surface area contributed by atoms with Gasteiger partial charge in [0.2, 0.25) is 11.9 Å². The third kappa shape index (κ3) is 4.38. The number of nitrogens with one attached hydrogen (secondary N) is 3. The van der Waals surface area contributed by atoms with E-state index in [1.54, 1.807) is 49.5 Å². The van der Waals surface area contributed by atoms with E-state index in [1.807, 2.05) is 0 Å². The third-order valence-corrected chi connectivity index (χ3v) is 5.18. The number of carbonyl (C=O) groups is 1. The SMILES string of the molecule is C=CC(=O)Nc1cc(Nc2nccc(-c3cn(C(F)F)c4ccccc34)n2)c(OC)cc1NC. The topological polar surface area (TPSA) is 93.1 Å². The number of halogens is 2. The van der Waals surface area contributed by atoms with Crippen LogP contribution in [0.3, 0.4) is 0 Å². The van der Waals surface area contributed by atoms with Crippen LogP contribution < -0.4 is 20.7 Å². The van der Waals surface area contributed by atoms with Gasteiger partial charge in [-0.05, 0) is 24.3 Å². The van der Waals surface area contributed by atoms with E-state index < -0.39 is 6.55 Å². The molecule has 0 aliphatic heterocycles. The minimum atomic E-state index is -2.68. The van der Waals surface area contributed by atoms with Gasteiger partial charge in [0.15, 0.2) is 0 Å². The molecule has 4 rings (SSSR count). The predicted octanol–water partition coefficient (Wildman–Crippen LogP) is 5.41. The van der Waals surface area contributed by atoms with Crippen LogP contribution >= 0.6 is 0 Å². The fourth-order valence-electron chi connectivity index (χ4n) is 3.60. The van der Waals surface area contributed by atoms with Crippen molar-refractivity contribution in [2.75, 3.05) is 30.1 Å². The van der Waals surface area contributed by atoms with Crippen molar-refractivity contribution in [3.63, 3.8) is 0 Å². The van der Waals surface area contributed by atoms with E-state index in [2.05, 4.69) is 32.5 Å². The van der Waals surface area contributed by atoms with Crippen molar-refractivity contribution in [2.45, 2.75) is 6.55 Å². The molecular weight excluding hydrogens is 442 g/mol. The predicted molar refractivity (Wildman–Crippen MR) is 129 cm³/mol. The van der Waals surface area contributed by atoms with Crippen molar-refractivity contribution in [2.24, 2.45) is 0 Å². The molecule has 0 spiro atoms. The molecule has 0 aliphatic carbocycles. The average Bonchev–Trinajstić information content (AvgIpc) is 3.24. The number of fused-ring (bicyclic) bond motifs is 1. The van der Waals surface area contributed by atoms with Crippen molar-refractivity contribution >= 4 is 39.8 Å². The van der Waals surface area contributed by atoms with Crippen LogP contribution in [-0.2, 0) is 4.79 Å². The van der Waals surface area contributed by atoms with Crippen molar-refractivity contribution in [1.82, 2.24) is 14.5 Å². The summed E-state index contributed by atoms with van der Waals surface area (Å²) < 4.78 is 33.5. The molecule has 0 saturated heterocycles. The lowest BCUT2D eigenvalue weighted by molar-refractivity contribution is -0.111. The number of para-hydroxylation sites is 1. The van der Waals surface area contributed by atoms with E-state index in [9.17, 15) is 13.6 Å². The lowest BCUT2D eigenvalue weighted by atomic mass is 10.1. The Kier molecular flexibility index (Phi) is 6.39. The highest BCUT2D eigenvalue weighted by Gasteiger charge is 2.17. The van der Waals surface area contributed by atoms with E-state index in [4.69, 9.17) is 4.74 Å². The molecule has 2 aromatic carbocycles. The van der Waals surface area contributed by atoms with Crippen LogP contribution in [0, 0.1) is 0 Å². The monoisotopic (exact) mass is 464 g/mol. The molecule has 34 heavy (non-hydrogen) atoms. The van der Waals surface area contributed by atoms with Crippen LogP contribution in [0.1, 0.15) is 6.55 Å². The Hall–Kier alpha value is -4.47. The molecule has 0 fully saturated rings. The summed E-state index contributed by atoms with van der Waals surface area (Å²) >= 11 is 0. The molecule has 2 heterocycles. The Balaban J connectivity index is 1.74. The van der Waals surface area contributed by atoms with Crippen molar-refractivity contribution < 1.29 is 18.3 Å². The summed E-state index contributed by atoms with van der Waals surface area (Å²) in [6, 6.07) is 11.9.